The summed E-state index contributed by atoms with van der Waals surface area (Å²) in [6.45, 7) is 4.30. The van der Waals surface area contributed by atoms with Gasteiger partial charge in [0.15, 0.2) is 6.10 Å². The maximum absolute atomic E-state index is 12.8. The zero-order valence-electron chi connectivity index (χ0n) is 50.6. The maximum Gasteiger partial charge on any atom is 0.472 e. The molecule has 0 aromatic rings. The molecule has 0 heterocycles. The summed E-state index contributed by atoms with van der Waals surface area (Å²) in [5, 5.41) is 0. The molecular weight excluding hydrogens is 990 g/mol. The highest BCUT2D eigenvalue weighted by atomic mass is 31.2. The number of likely N-dealkylation sites (N-methyl/N-ethyl adjacent to an activating group) is 1. The van der Waals surface area contributed by atoms with Crippen LogP contribution in [0.25, 0.3) is 0 Å². The summed E-state index contributed by atoms with van der Waals surface area (Å²) in [7, 11) is 1.46. The van der Waals surface area contributed by atoms with Crippen molar-refractivity contribution in [2.45, 2.75) is 251 Å². The molecule has 0 aromatic carbocycles. The van der Waals surface area contributed by atoms with Gasteiger partial charge in [-0.1, -0.05) is 245 Å². The number of esters is 2. The minimum Gasteiger partial charge on any atom is -0.462 e. The molecule has 0 aliphatic heterocycles. The number of carbonyl (C=O) groups is 2. The van der Waals surface area contributed by atoms with Gasteiger partial charge < -0.3 is 18.9 Å². The van der Waals surface area contributed by atoms with E-state index in [9.17, 15) is 19.0 Å². The van der Waals surface area contributed by atoms with E-state index in [1.807, 2.05) is 21.1 Å². The molecule has 0 saturated heterocycles. The number of ether oxygens (including phenoxy) is 2. The first-order valence-corrected chi connectivity index (χ1v) is 32.8. The van der Waals surface area contributed by atoms with Gasteiger partial charge in [0.05, 0.1) is 27.7 Å². The second kappa shape index (κ2) is 58.1. The number of nitrogens with zero attached hydrogens (tertiary/aromatic N) is 1. The monoisotopic (exact) mass is 1110 g/mol. The molecule has 0 fully saturated rings. The van der Waals surface area contributed by atoms with Crippen LogP contribution in [0.2, 0.25) is 0 Å². The van der Waals surface area contributed by atoms with Gasteiger partial charge in [0.25, 0.3) is 0 Å². The van der Waals surface area contributed by atoms with E-state index in [0.29, 0.717) is 17.4 Å². The zero-order chi connectivity index (χ0) is 57.0. The highest BCUT2D eigenvalue weighted by Gasteiger charge is 2.27. The highest BCUT2D eigenvalue weighted by molar-refractivity contribution is 7.47. The molecule has 10 heteroatoms. The van der Waals surface area contributed by atoms with Crippen molar-refractivity contribution in [3.63, 3.8) is 0 Å². The number of phosphoric ester groups is 1. The Morgan fingerprint density at radius 2 is 0.731 bits per heavy atom. The molecule has 1 N–H and O–H groups in total. The molecule has 0 rings (SSSR count). The van der Waals surface area contributed by atoms with Gasteiger partial charge in [-0.3, -0.25) is 18.6 Å². The van der Waals surface area contributed by atoms with Crippen LogP contribution in [0.4, 0.5) is 0 Å². The minimum absolute atomic E-state index is 0.0253. The van der Waals surface area contributed by atoms with Crippen molar-refractivity contribution in [1.29, 1.82) is 0 Å². The standard InChI is InChI=1S/C68H116NO8P/c1-6-8-10-12-14-16-18-20-22-23-24-25-26-27-28-29-30-31-32-33-34-35-36-37-38-39-40-41-42-43-44-45-47-49-51-53-55-57-59-61-68(71)77-66(65-76-78(72,73)75-63-62-69(3,4)5)64-74-67(70)60-58-56-54-52-50-48-46-21-19-17-15-13-11-9-7-2/h8,10,14,16,20-22,24-25,27-28,30-31,33-34,36-37,39-40,46,66H,6-7,9,11-13,15,17-19,23,26,29,32,35,38,41-45,47-65H2,1-5H3/p+1/b10-8-,16-14-,22-20-,25-24-,28-27-,31-30-,34-33-,37-36-,40-39-,46-21-. The van der Waals surface area contributed by atoms with Crippen molar-refractivity contribution in [3.05, 3.63) is 122 Å². The number of quaternary nitrogens is 1. The van der Waals surface area contributed by atoms with Crippen LogP contribution >= 0.6 is 7.82 Å². The van der Waals surface area contributed by atoms with Crippen LogP contribution in [0.15, 0.2) is 122 Å². The lowest BCUT2D eigenvalue weighted by Gasteiger charge is -2.24. The molecule has 0 aliphatic rings. The Hall–Kier alpha value is -3.59. The van der Waals surface area contributed by atoms with Gasteiger partial charge in [0.1, 0.15) is 19.8 Å². The number of hydrogen-bond acceptors (Lipinski definition) is 7. The van der Waals surface area contributed by atoms with Crippen molar-refractivity contribution >= 4 is 19.8 Å². The molecule has 0 aliphatic carbocycles. The van der Waals surface area contributed by atoms with Crippen LogP contribution in [0.1, 0.15) is 245 Å². The molecular formula is C68H117NO8P+. The summed E-state index contributed by atoms with van der Waals surface area (Å²) in [6.07, 6.45) is 82.8. The normalized spacial score (nSPS) is 14.1. The third kappa shape index (κ3) is 61.6. The number of carbonyl (C=O) groups excluding carboxylic acids is 2. The average Bonchev–Trinajstić information content (AvgIpc) is 3.41. The highest BCUT2D eigenvalue weighted by Crippen LogP contribution is 2.43. The summed E-state index contributed by atoms with van der Waals surface area (Å²) in [6, 6.07) is 0. The van der Waals surface area contributed by atoms with Crippen molar-refractivity contribution in [2.75, 3.05) is 47.5 Å². The fourth-order valence-electron chi connectivity index (χ4n) is 8.18. The van der Waals surface area contributed by atoms with Gasteiger partial charge in [0, 0.05) is 12.8 Å². The Bertz CT molecular complexity index is 1730. The minimum atomic E-state index is -4.39. The van der Waals surface area contributed by atoms with Gasteiger partial charge in [0.2, 0.25) is 0 Å². The maximum atomic E-state index is 12.8. The fourth-order valence-corrected chi connectivity index (χ4v) is 8.92. The Kier molecular flexibility index (Phi) is 55.4. The number of allylic oxidation sites excluding steroid dienone is 20. The number of phosphoric acid groups is 1. The Morgan fingerprint density at radius 1 is 0.410 bits per heavy atom. The molecule has 0 aromatic heterocycles. The first-order chi connectivity index (χ1) is 38.0. The topological polar surface area (TPSA) is 108 Å². The molecule has 2 unspecified atom stereocenters. The molecule has 0 bridgehead atoms. The van der Waals surface area contributed by atoms with E-state index < -0.39 is 26.5 Å². The van der Waals surface area contributed by atoms with Crippen LogP contribution in [0, 0.1) is 0 Å². The number of hydrogen-bond donors (Lipinski definition) is 1. The summed E-state index contributed by atoms with van der Waals surface area (Å²) >= 11 is 0. The first-order valence-electron chi connectivity index (χ1n) is 31.3. The second-order valence-corrected chi connectivity index (χ2v) is 23.2. The molecule has 0 saturated carbocycles. The van der Waals surface area contributed by atoms with Crippen LogP contribution in [0.3, 0.4) is 0 Å². The Balaban J connectivity index is 4.08. The fraction of sp³-hybridized carbons (Fsp3) is 0.676. The smallest absolute Gasteiger partial charge is 0.462 e. The van der Waals surface area contributed by atoms with E-state index in [1.165, 1.54) is 89.9 Å². The van der Waals surface area contributed by atoms with E-state index in [1.54, 1.807) is 0 Å². The third-order valence-corrected chi connectivity index (χ3v) is 14.0. The molecule has 0 radical (unpaired) electrons. The lowest BCUT2D eigenvalue weighted by atomic mass is 10.0. The predicted octanol–water partition coefficient (Wildman–Crippen LogP) is 19.9. The molecule has 0 amide bonds. The quantitative estimate of drug-likeness (QED) is 0.0211. The van der Waals surface area contributed by atoms with Crippen molar-refractivity contribution in [3.8, 4) is 0 Å². The number of rotatable bonds is 56. The van der Waals surface area contributed by atoms with Gasteiger partial charge in [-0.15, -0.1) is 0 Å². The SMILES string of the molecule is CC/C=C\C/C=C\C/C=C\C/C=C\C/C=C\C/C=C\C/C=C\C/C=C\C/C=C\CCCCCCCCCCCCCC(=O)OC(COC(=O)CCCCCCC/C=C\CCCCCCCC)COP(=O)(O)OCC[N+](C)(C)C. The van der Waals surface area contributed by atoms with Gasteiger partial charge in [-0.05, 0) is 109 Å². The molecule has 446 valence electrons. The predicted molar refractivity (Wildman–Crippen MR) is 334 cm³/mol. The van der Waals surface area contributed by atoms with E-state index in [4.69, 9.17) is 18.5 Å². The summed E-state index contributed by atoms with van der Waals surface area (Å²) < 4.78 is 34.5. The molecule has 78 heavy (non-hydrogen) atoms. The van der Waals surface area contributed by atoms with Gasteiger partial charge >= 0.3 is 19.8 Å². The average molecular weight is 1110 g/mol. The summed E-state index contributed by atoms with van der Waals surface area (Å²) in [5.74, 6) is -0.814. The van der Waals surface area contributed by atoms with Crippen LogP contribution in [-0.2, 0) is 32.7 Å². The second-order valence-electron chi connectivity index (χ2n) is 21.7. The summed E-state index contributed by atoms with van der Waals surface area (Å²) in [4.78, 5) is 35.7. The lowest BCUT2D eigenvalue weighted by molar-refractivity contribution is -0.870. The Morgan fingerprint density at radius 3 is 1.10 bits per heavy atom. The van der Waals surface area contributed by atoms with E-state index in [2.05, 4.69) is 135 Å². The largest absolute Gasteiger partial charge is 0.472 e. The van der Waals surface area contributed by atoms with Crippen LogP contribution in [0.5, 0.6) is 0 Å². The first kappa shape index (κ1) is 74.4. The zero-order valence-corrected chi connectivity index (χ0v) is 51.5. The van der Waals surface area contributed by atoms with Gasteiger partial charge in [-0.25, -0.2) is 4.57 Å². The molecule has 9 nitrogen and oxygen atoms in total. The van der Waals surface area contributed by atoms with Crippen molar-refractivity contribution < 1.29 is 42.1 Å². The van der Waals surface area contributed by atoms with Crippen molar-refractivity contribution in [1.82, 2.24) is 0 Å². The van der Waals surface area contributed by atoms with Crippen molar-refractivity contribution in [2.24, 2.45) is 0 Å². The third-order valence-electron chi connectivity index (χ3n) is 13.0. The molecule has 0 spiro atoms. The Labute approximate surface area is 479 Å². The van der Waals surface area contributed by atoms with Crippen LogP contribution < -0.4 is 0 Å². The van der Waals surface area contributed by atoms with E-state index >= 15 is 0 Å². The van der Waals surface area contributed by atoms with E-state index in [0.717, 1.165) is 122 Å². The summed E-state index contributed by atoms with van der Waals surface area (Å²) in [5.41, 5.74) is 0. The van der Waals surface area contributed by atoms with E-state index in [-0.39, 0.29) is 32.0 Å². The molecule has 2 atom stereocenters. The number of unbranched alkanes of at least 4 members (excludes halogenated alkanes) is 22. The van der Waals surface area contributed by atoms with Crippen LogP contribution in [-0.4, -0.2) is 74.9 Å². The lowest BCUT2D eigenvalue weighted by Crippen LogP contribution is -2.37. The van der Waals surface area contributed by atoms with Gasteiger partial charge in [-0.2, -0.15) is 0 Å².